The molecule has 1 aliphatic heterocycles. The number of hydrogen-bond donors (Lipinski definition) is 1. The Morgan fingerprint density at radius 3 is 2.52 bits per heavy atom. The van der Waals surface area contributed by atoms with Gasteiger partial charge in [0.05, 0.1) is 4.90 Å². The smallest absolute Gasteiger partial charge is 0.240 e. The lowest BCUT2D eigenvalue weighted by atomic mass is 9.84. The Kier molecular flexibility index (Phi) is 4.95. The summed E-state index contributed by atoms with van der Waals surface area (Å²) in [4.78, 5) is 0.151. The summed E-state index contributed by atoms with van der Waals surface area (Å²) in [6.45, 7) is 5.23. The molecule has 0 saturated heterocycles. The molecule has 0 unspecified atom stereocenters. The van der Waals surface area contributed by atoms with E-state index < -0.39 is 15.4 Å². The van der Waals surface area contributed by atoms with E-state index in [0.717, 1.165) is 5.56 Å². The monoisotopic (exact) mass is 381 g/mol. The minimum absolute atomic E-state index is 0.151. The van der Waals surface area contributed by atoms with Gasteiger partial charge in [-0.1, -0.05) is 37.6 Å². The van der Waals surface area contributed by atoms with Crippen LogP contribution in [0.2, 0.25) is 5.02 Å². The minimum Gasteiger partial charge on any atom is -0.486 e. The van der Waals surface area contributed by atoms with E-state index in [1.165, 1.54) is 12.1 Å². The zero-order valence-corrected chi connectivity index (χ0v) is 15.7. The van der Waals surface area contributed by atoms with Crippen LogP contribution in [-0.4, -0.2) is 28.2 Å². The molecule has 0 spiro atoms. The lowest BCUT2D eigenvalue weighted by molar-refractivity contribution is 0.171. The molecule has 0 aliphatic carbocycles. The van der Waals surface area contributed by atoms with Gasteiger partial charge < -0.3 is 9.47 Å². The van der Waals surface area contributed by atoms with E-state index in [0.29, 0.717) is 29.7 Å². The number of hydrogen-bond acceptors (Lipinski definition) is 4. The Labute approximate surface area is 153 Å². The first-order chi connectivity index (χ1) is 11.8. The van der Waals surface area contributed by atoms with Crippen molar-refractivity contribution in [2.75, 3.05) is 19.8 Å². The van der Waals surface area contributed by atoms with Crippen LogP contribution in [0.25, 0.3) is 0 Å². The van der Waals surface area contributed by atoms with Crippen LogP contribution in [-0.2, 0) is 15.4 Å². The molecular weight excluding hydrogens is 362 g/mol. The predicted molar refractivity (Wildman–Crippen MR) is 97.1 cm³/mol. The van der Waals surface area contributed by atoms with Gasteiger partial charge in [-0.25, -0.2) is 13.1 Å². The maximum absolute atomic E-state index is 12.5. The fourth-order valence-electron chi connectivity index (χ4n) is 2.56. The summed E-state index contributed by atoms with van der Waals surface area (Å²) < 4.78 is 38.8. The van der Waals surface area contributed by atoms with Crippen LogP contribution in [0.5, 0.6) is 11.5 Å². The molecule has 1 heterocycles. The Morgan fingerprint density at radius 1 is 1.08 bits per heavy atom. The summed E-state index contributed by atoms with van der Waals surface area (Å²) in [6, 6.07) is 11.9. The van der Waals surface area contributed by atoms with Crippen molar-refractivity contribution in [3.05, 3.63) is 53.1 Å². The average molecular weight is 382 g/mol. The van der Waals surface area contributed by atoms with Gasteiger partial charge in [0.15, 0.2) is 11.5 Å². The third-order valence-electron chi connectivity index (χ3n) is 4.13. The molecule has 2 aromatic carbocycles. The lowest BCUT2D eigenvalue weighted by Crippen LogP contribution is -2.36. The SMILES string of the molecule is CC(C)(CNS(=O)(=O)c1cccc(Cl)c1)c1ccc2c(c1)OCCO2. The quantitative estimate of drug-likeness (QED) is 0.862. The van der Waals surface area contributed by atoms with Crippen molar-refractivity contribution in [3.8, 4) is 11.5 Å². The Hall–Kier alpha value is -1.76. The number of rotatable bonds is 5. The van der Waals surface area contributed by atoms with Crippen molar-refractivity contribution >= 4 is 21.6 Å². The van der Waals surface area contributed by atoms with Gasteiger partial charge in [0, 0.05) is 17.0 Å². The Balaban J connectivity index is 1.77. The molecule has 5 nitrogen and oxygen atoms in total. The molecule has 0 amide bonds. The molecule has 1 aliphatic rings. The predicted octanol–water partition coefficient (Wildman–Crippen LogP) is 3.37. The van der Waals surface area contributed by atoms with Crippen molar-refractivity contribution < 1.29 is 17.9 Å². The molecule has 7 heteroatoms. The molecular formula is C18H20ClNO4S. The van der Waals surface area contributed by atoms with Gasteiger partial charge in [-0.3, -0.25) is 0 Å². The maximum Gasteiger partial charge on any atom is 0.240 e. The summed E-state index contributed by atoms with van der Waals surface area (Å²) >= 11 is 5.89. The number of halogens is 1. The van der Waals surface area contributed by atoms with Crippen molar-refractivity contribution in [1.29, 1.82) is 0 Å². The van der Waals surface area contributed by atoms with Crippen LogP contribution in [0.15, 0.2) is 47.4 Å². The molecule has 0 radical (unpaired) electrons. The van der Waals surface area contributed by atoms with Gasteiger partial charge in [0.25, 0.3) is 0 Å². The normalized spacial score (nSPS) is 14.4. The molecule has 1 N–H and O–H groups in total. The highest BCUT2D eigenvalue weighted by molar-refractivity contribution is 7.89. The molecule has 25 heavy (non-hydrogen) atoms. The highest BCUT2D eigenvalue weighted by Crippen LogP contribution is 2.35. The fourth-order valence-corrected chi connectivity index (χ4v) is 4.07. The van der Waals surface area contributed by atoms with Crippen LogP contribution >= 0.6 is 11.6 Å². The van der Waals surface area contributed by atoms with E-state index in [1.807, 2.05) is 32.0 Å². The molecule has 0 fully saturated rings. The highest BCUT2D eigenvalue weighted by atomic mass is 35.5. The Morgan fingerprint density at radius 2 is 1.80 bits per heavy atom. The van der Waals surface area contributed by atoms with Crippen LogP contribution in [0.1, 0.15) is 19.4 Å². The maximum atomic E-state index is 12.5. The number of ether oxygens (including phenoxy) is 2. The van der Waals surface area contributed by atoms with Crippen molar-refractivity contribution in [2.24, 2.45) is 0 Å². The zero-order valence-electron chi connectivity index (χ0n) is 14.1. The molecule has 134 valence electrons. The average Bonchev–Trinajstić information content (AvgIpc) is 2.60. The standard InChI is InChI=1S/C18H20ClNO4S/c1-18(2,13-6-7-16-17(10-13)24-9-8-23-16)12-20-25(21,22)15-5-3-4-14(19)11-15/h3-7,10-11,20H,8-9,12H2,1-2H3. The van der Waals surface area contributed by atoms with E-state index in [-0.39, 0.29) is 11.4 Å². The first-order valence-electron chi connectivity index (χ1n) is 7.93. The highest BCUT2D eigenvalue weighted by Gasteiger charge is 2.26. The first-order valence-corrected chi connectivity index (χ1v) is 9.79. The molecule has 3 rings (SSSR count). The third-order valence-corrected chi connectivity index (χ3v) is 5.77. The summed E-state index contributed by atoms with van der Waals surface area (Å²) in [7, 11) is -3.63. The summed E-state index contributed by atoms with van der Waals surface area (Å²) in [5.41, 5.74) is 0.534. The van der Waals surface area contributed by atoms with Crippen molar-refractivity contribution in [2.45, 2.75) is 24.2 Å². The van der Waals surface area contributed by atoms with E-state index in [1.54, 1.807) is 12.1 Å². The Bertz CT molecular complexity index is 880. The van der Waals surface area contributed by atoms with E-state index in [2.05, 4.69) is 4.72 Å². The van der Waals surface area contributed by atoms with E-state index in [9.17, 15) is 8.42 Å². The summed E-state index contributed by atoms with van der Waals surface area (Å²) in [6.07, 6.45) is 0. The number of fused-ring (bicyclic) bond motifs is 1. The van der Waals surface area contributed by atoms with Gasteiger partial charge in [-0.05, 0) is 35.9 Å². The zero-order chi connectivity index (χ0) is 18.1. The van der Waals surface area contributed by atoms with Gasteiger partial charge in [-0.2, -0.15) is 0 Å². The molecule has 0 bridgehead atoms. The van der Waals surface area contributed by atoms with Gasteiger partial charge in [-0.15, -0.1) is 0 Å². The van der Waals surface area contributed by atoms with Crippen LogP contribution in [0.4, 0.5) is 0 Å². The van der Waals surface area contributed by atoms with Crippen LogP contribution in [0.3, 0.4) is 0 Å². The number of nitrogens with one attached hydrogen (secondary N) is 1. The third kappa shape index (κ3) is 4.08. The van der Waals surface area contributed by atoms with Crippen molar-refractivity contribution in [1.82, 2.24) is 4.72 Å². The van der Waals surface area contributed by atoms with Crippen LogP contribution < -0.4 is 14.2 Å². The van der Waals surface area contributed by atoms with Gasteiger partial charge >= 0.3 is 0 Å². The second-order valence-electron chi connectivity index (χ2n) is 6.52. The van der Waals surface area contributed by atoms with Crippen LogP contribution in [0, 0.1) is 0 Å². The lowest BCUT2D eigenvalue weighted by Gasteiger charge is -2.27. The second-order valence-corrected chi connectivity index (χ2v) is 8.73. The second kappa shape index (κ2) is 6.86. The van der Waals surface area contributed by atoms with Crippen molar-refractivity contribution in [3.63, 3.8) is 0 Å². The summed E-state index contributed by atoms with van der Waals surface area (Å²) in [5, 5.41) is 0.383. The molecule has 0 atom stereocenters. The number of benzene rings is 2. The first kappa shape index (κ1) is 18.0. The molecule has 0 saturated carbocycles. The van der Waals surface area contributed by atoms with E-state index >= 15 is 0 Å². The largest absolute Gasteiger partial charge is 0.486 e. The topological polar surface area (TPSA) is 64.6 Å². The summed E-state index contributed by atoms with van der Waals surface area (Å²) in [5.74, 6) is 1.40. The molecule has 0 aromatic heterocycles. The fraction of sp³-hybridized carbons (Fsp3) is 0.333. The van der Waals surface area contributed by atoms with Gasteiger partial charge in [0.1, 0.15) is 13.2 Å². The number of sulfonamides is 1. The minimum atomic E-state index is -3.63. The molecule has 2 aromatic rings. The van der Waals surface area contributed by atoms with Gasteiger partial charge in [0.2, 0.25) is 10.0 Å². The van der Waals surface area contributed by atoms with E-state index in [4.69, 9.17) is 21.1 Å².